The van der Waals surface area contributed by atoms with Crippen molar-refractivity contribution in [1.29, 1.82) is 0 Å². The molecule has 0 radical (unpaired) electrons. The molecule has 2 aromatic rings. The number of phenols is 1. The predicted octanol–water partition coefficient (Wildman–Crippen LogP) is 4.59. The van der Waals surface area contributed by atoms with Gasteiger partial charge in [0, 0.05) is 0 Å². The van der Waals surface area contributed by atoms with Gasteiger partial charge in [-0.25, -0.2) is 0 Å². The molecule has 1 nitrogen and oxygen atoms in total. The van der Waals surface area contributed by atoms with Crippen molar-refractivity contribution < 1.29 is 5.11 Å². The first-order chi connectivity index (χ1) is 8.58. The number of phenolic OH excluding ortho intramolecular Hbond substituents is 1. The van der Waals surface area contributed by atoms with Gasteiger partial charge in [0.15, 0.2) is 0 Å². The highest BCUT2D eigenvalue weighted by Gasteiger charge is 1.96. The summed E-state index contributed by atoms with van der Waals surface area (Å²) in [4.78, 5) is 0. The summed E-state index contributed by atoms with van der Waals surface area (Å²) in [5, 5.41) is 8.99. The van der Waals surface area contributed by atoms with Crippen LogP contribution in [-0.2, 0) is 6.42 Å². The highest BCUT2D eigenvalue weighted by Crippen LogP contribution is 2.12. The first-order valence-corrected chi connectivity index (χ1v) is 6.37. The Morgan fingerprint density at radius 1 is 0.889 bits per heavy atom. The Balaban J connectivity index is 0.000000199. The molecule has 18 heavy (non-hydrogen) atoms. The number of rotatable bonds is 2. The number of aromatic hydroxyl groups is 1. The van der Waals surface area contributed by atoms with Gasteiger partial charge in [-0.1, -0.05) is 61.9 Å². The minimum absolute atomic E-state index is 0.345. The fraction of sp³-hybridized carbons (Fsp3) is 0.294. The summed E-state index contributed by atoms with van der Waals surface area (Å²) in [5.74, 6) is 1.03. The van der Waals surface area contributed by atoms with Gasteiger partial charge in [-0.2, -0.15) is 0 Å². The van der Waals surface area contributed by atoms with E-state index < -0.39 is 0 Å². The largest absolute Gasteiger partial charge is 0.508 e. The Morgan fingerprint density at radius 3 is 1.83 bits per heavy atom. The lowest BCUT2D eigenvalue weighted by Gasteiger charge is -2.03. The molecule has 0 heterocycles. The van der Waals surface area contributed by atoms with Crippen molar-refractivity contribution in [3.63, 3.8) is 0 Å². The monoisotopic (exact) mass is 242 g/mol. The van der Waals surface area contributed by atoms with Crippen molar-refractivity contribution in [1.82, 2.24) is 0 Å². The van der Waals surface area contributed by atoms with E-state index in [0.717, 1.165) is 6.42 Å². The summed E-state index contributed by atoms with van der Waals surface area (Å²) in [6, 6.07) is 17.7. The Kier molecular flexibility index (Phi) is 5.99. The molecule has 0 bridgehead atoms. The average molecular weight is 242 g/mol. The molecule has 1 N–H and O–H groups in total. The molecule has 2 aromatic carbocycles. The fourth-order valence-electron chi connectivity index (χ4n) is 1.64. The third kappa shape index (κ3) is 6.09. The van der Waals surface area contributed by atoms with Crippen LogP contribution in [0.3, 0.4) is 0 Å². The topological polar surface area (TPSA) is 20.2 Å². The van der Waals surface area contributed by atoms with Crippen molar-refractivity contribution >= 4 is 0 Å². The van der Waals surface area contributed by atoms with Gasteiger partial charge < -0.3 is 5.11 Å². The van der Waals surface area contributed by atoms with Crippen molar-refractivity contribution in [3.05, 3.63) is 65.7 Å². The summed E-state index contributed by atoms with van der Waals surface area (Å²) >= 11 is 0. The van der Waals surface area contributed by atoms with Gasteiger partial charge in [-0.05, 0) is 37.0 Å². The minimum Gasteiger partial charge on any atom is -0.508 e. The van der Waals surface area contributed by atoms with Crippen LogP contribution in [0, 0.1) is 12.8 Å². The van der Waals surface area contributed by atoms with Crippen LogP contribution in [0.1, 0.15) is 25.0 Å². The molecule has 0 saturated heterocycles. The molecule has 1 heteroatoms. The van der Waals surface area contributed by atoms with Crippen molar-refractivity contribution in [2.45, 2.75) is 27.2 Å². The van der Waals surface area contributed by atoms with Crippen LogP contribution in [0.2, 0.25) is 0 Å². The van der Waals surface area contributed by atoms with Crippen molar-refractivity contribution in [3.8, 4) is 5.75 Å². The summed E-state index contributed by atoms with van der Waals surface area (Å²) in [6.45, 7) is 6.46. The third-order valence-electron chi connectivity index (χ3n) is 2.52. The fourth-order valence-corrected chi connectivity index (χ4v) is 1.64. The van der Waals surface area contributed by atoms with Crippen LogP contribution >= 0.6 is 0 Å². The van der Waals surface area contributed by atoms with E-state index in [1.165, 1.54) is 11.1 Å². The molecular formula is C17H22O. The number of hydrogen-bond acceptors (Lipinski definition) is 1. The minimum atomic E-state index is 0.345. The number of benzene rings is 2. The van der Waals surface area contributed by atoms with E-state index in [4.69, 9.17) is 5.11 Å². The van der Waals surface area contributed by atoms with E-state index in [1.54, 1.807) is 12.1 Å². The van der Waals surface area contributed by atoms with E-state index in [-0.39, 0.29) is 0 Å². The molecule has 96 valence electrons. The third-order valence-corrected chi connectivity index (χ3v) is 2.52. The van der Waals surface area contributed by atoms with Crippen molar-refractivity contribution in [2.75, 3.05) is 0 Å². The molecule has 2 rings (SSSR count). The van der Waals surface area contributed by atoms with E-state index in [1.807, 2.05) is 30.3 Å². The van der Waals surface area contributed by atoms with E-state index in [0.29, 0.717) is 11.7 Å². The molecule has 0 aliphatic carbocycles. The molecular weight excluding hydrogens is 220 g/mol. The molecule has 0 amide bonds. The van der Waals surface area contributed by atoms with Crippen LogP contribution in [0.5, 0.6) is 5.75 Å². The Morgan fingerprint density at radius 2 is 1.44 bits per heavy atom. The lowest BCUT2D eigenvalue weighted by molar-refractivity contribution is 0.475. The predicted molar refractivity (Wildman–Crippen MR) is 77.8 cm³/mol. The average Bonchev–Trinajstić information content (AvgIpc) is 2.33. The molecule has 0 unspecified atom stereocenters. The molecule has 0 saturated carbocycles. The van der Waals surface area contributed by atoms with Crippen LogP contribution < -0.4 is 0 Å². The Hall–Kier alpha value is -1.76. The summed E-state index contributed by atoms with van der Waals surface area (Å²) < 4.78 is 0. The van der Waals surface area contributed by atoms with Crippen LogP contribution in [0.15, 0.2) is 54.6 Å². The normalized spacial score (nSPS) is 9.78. The van der Waals surface area contributed by atoms with Crippen LogP contribution in [-0.4, -0.2) is 5.11 Å². The maximum absolute atomic E-state index is 8.99. The van der Waals surface area contributed by atoms with Gasteiger partial charge in [0.1, 0.15) is 5.75 Å². The highest BCUT2D eigenvalue weighted by atomic mass is 16.3. The Bertz CT molecular complexity index is 429. The molecule has 0 fully saturated rings. The van der Waals surface area contributed by atoms with Gasteiger partial charge in [0.2, 0.25) is 0 Å². The van der Waals surface area contributed by atoms with E-state index >= 15 is 0 Å². The van der Waals surface area contributed by atoms with Crippen LogP contribution in [0.4, 0.5) is 0 Å². The smallest absolute Gasteiger partial charge is 0.115 e. The maximum Gasteiger partial charge on any atom is 0.115 e. The lowest BCUT2D eigenvalue weighted by atomic mass is 10.0. The summed E-state index contributed by atoms with van der Waals surface area (Å²) in [6.07, 6.45) is 1.08. The standard InChI is InChI=1S/C10H14O.C7H8/c1-8(2)7-9-3-5-10(11)6-4-9;1-7-5-3-2-4-6-7/h3-6,8,11H,7H2,1-2H3;2-6H,1H3. The maximum atomic E-state index is 8.99. The number of hydrogen-bond donors (Lipinski definition) is 1. The van der Waals surface area contributed by atoms with Crippen molar-refractivity contribution in [2.24, 2.45) is 5.92 Å². The summed E-state index contributed by atoms with van der Waals surface area (Å²) in [7, 11) is 0. The molecule has 0 aliphatic rings. The van der Waals surface area contributed by atoms with Gasteiger partial charge in [0.05, 0.1) is 0 Å². The number of aryl methyl sites for hydroxylation is 1. The zero-order valence-electron chi connectivity index (χ0n) is 11.4. The van der Waals surface area contributed by atoms with Crippen LogP contribution in [0.25, 0.3) is 0 Å². The summed E-state index contributed by atoms with van der Waals surface area (Å²) in [5.41, 5.74) is 2.61. The van der Waals surface area contributed by atoms with E-state index in [2.05, 4.69) is 32.9 Å². The first kappa shape index (κ1) is 14.3. The molecule has 0 aliphatic heterocycles. The second-order valence-electron chi connectivity index (χ2n) is 4.92. The molecule has 0 atom stereocenters. The second kappa shape index (κ2) is 7.54. The molecule has 0 spiro atoms. The van der Waals surface area contributed by atoms with Gasteiger partial charge in [0.25, 0.3) is 0 Å². The van der Waals surface area contributed by atoms with E-state index in [9.17, 15) is 0 Å². The Labute approximate surface area is 110 Å². The lowest BCUT2D eigenvalue weighted by Crippen LogP contribution is -1.92. The zero-order valence-corrected chi connectivity index (χ0v) is 11.4. The SMILES string of the molecule is CC(C)Cc1ccc(O)cc1.Cc1ccccc1. The van der Waals surface area contributed by atoms with Gasteiger partial charge in [-0.15, -0.1) is 0 Å². The highest BCUT2D eigenvalue weighted by molar-refractivity contribution is 5.25. The second-order valence-corrected chi connectivity index (χ2v) is 4.92. The first-order valence-electron chi connectivity index (χ1n) is 6.37. The van der Waals surface area contributed by atoms with Gasteiger partial charge >= 0.3 is 0 Å². The molecule has 0 aromatic heterocycles. The zero-order chi connectivity index (χ0) is 13.4. The quantitative estimate of drug-likeness (QED) is 0.817. The van der Waals surface area contributed by atoms with Gasteiger partial charge in [-0.3, -0.25) is 0 Å².